The Kier molecular flexibility index (Phi) is 3.99. The van der Waals surface area contributed by atoms with Crippen molar-refractivity contribution in [3.05, 3.63) is 64.7 Å². The van der Waals surface area contributed by atoms with Gasteiger partial charge in [-0.25, -0.2) is 0 Å². The van der Waals surface area contributed by atoms with Crippen LogP contribution in [0, 0.1) is 5.41 Å². The van der Waals surface area contributed by atoms with E-state index in [-0.39, 0.29) is 11.7 Å². The van der Waals surface area contributed by atoms with Gasteiger partial charge in [0, 0.05) is 16.7 Å². The van der Waals surface area contributed by atoms with Crippen molar-refractivity contribution in [2.75, 3.05) is 7.11 Å². The third-order valence-corrected chi connectivity index (χ3v) is 4.28. The molecule has 0 amide bonds. The molecule has 0 aromatic heterocycles. The summed E-state index contributed by atoms with van der Waals surface area (Å²) in [5, 5.41) is 8.76. The molecule has 1 aliphatic carbocycles. The van der Waals surface area contributed by atoms with Gasteiger partial charge in [-0.3, -0.25) is 4.79 Å². The molecule has 2 atom stereocenters. The van der Waals surface area contributed by atoms with Gasteiger partial charge in [0.2, 0.25) is 0 Å². The van der Waals surface area contributed by atoms with Crippen LogP contribution in [0.25, 0.3) is 0 Å². The van der Waals surface area contributed by atoms with E-state index in [1.165, 1.54) is 0 Å². The zero-order chi connectivity index (χ0) is 15.7. The quantitative estimate of drug-likeness (QED) is 0.922. The highest BCUT2D eigenvalue weighted by Crippen LogP contribution is 2.39. The van der Waals surface area contributed by atoms with Crippen LogP contribution in [-0.4, -0.2) is 18.6 Å². The summed E-state index contributed by atoms with van der Waals surface area (Å²) in [7, 11) is 1.56. The third kappa shape index (κ3) is 2.64. The number of carbonyl (C=O) groups is 1. The Bertz CT molecular complexity index is 727. The van der Waals surface area contributed by atoms with Crippen molar-refractivity contribution in [3.8, 4) is 5.75 Å². The molecule has 0 bridgehead atoms. The number of nitrogens with one attached hydrogen (secondary N) is 1. The fourth-order valence-electron chi connectivity index (χ4n) is 3.01. The Morgan fingerprint density at radius 3 is 2.55 bits per heavy atom. The molecule has 0 radical (unpaired) electrons. The molecule has 112 valence electrons. The van der Waals surface area contributed by atoms with Crippen molar-refractivity contribution in [1.29, 1.82) is 5.41 Å². The van der Waals surface area contributed by atoms with Crippen LogP contribution in [0.15, 0.2) is 48.5 Å². The Morgan fingerprint density at radius 2 is 1.86 bits per heavy atom. The molecule has 1 saturated carbocycles. The molecule has 1 N–H and O–H groups in total. The first-order valence-electron chi connectivity index (χ1n) is 7.10. The van der Waals surface area contributed by atoms with Crippen LogP contribution < -0.4 is 4.74 Å². The molecule has 3 nitrogen and oxygen atoms in total. The van der Waals surface area contributed by atoms with Crippen LogP contribution in [0.1, 0.15) is 29.4 Å². The number of benzene rings is 2. The summed E-state index contributed by atoms with van der Waals surface area (Å²) in [5.74, 6) is -0.117. The van der Waals surface area contributed by atoms with E-state index < -0.39 is 5.92 Å². The summed E-state index contributed by atoms with van der Waals surface area (Å²) in [6.45, 7) is 0. The molecule has 2 aromatic carbocycles. The first-order valence-corrected chi connectivity index (χ1v) is 7.48. The summed E-state index contributed by atoms with van der Waals surface area (Å²) >= 11 is 6.09. The zero-order valence-electron chi connectivity index (χ0n) is 12.2. The first-order chi connectivity index (χ1) is 10.6. The summed E-state index contributed by atoms with van der Waals surface area (Å²) in [6, 6.07) is 14.9. The van der Waals surface area contributed by atoms with Crippen molar-refractivity contribution in [2.45, 2.75) is 18.3 Å². The number of carbonyl (C=O) groups excluding carboxylic acids is 1. The standard InChI is InChI=1S/C18H16ClNO2/c1-22-14-8-12(7-13(19)9-14)17-16(20)10-15(18(17)21)11-5-3-2-4-6-11/h2-9,15,17,20H,10H2,1H3. The predicted molar refractivity (Wildman–Crippen MR) is 87.3 cm³/mol. The van der Waals surface area contributed by atoms with E-state index in [1.54, 1.807) is 25.3 Å². The van der Waals surface area contributed by atoms with Crippen molar-refractivity contribution in [1.82, 2.24) is 0 Å². The molecule has 3 rings (SSSR count). The highest BCUT2D eigenvalue weighted by Gasteiger charge is 2.40. The van der Waals surface area contributed by atoms with E-state index in [2.05, 4.69) is 0 Å². The van der Waals surface area contributed by atoms with Gasteiger partial charge in [0.25, 0.3) is 0 Å². The largest absolute Gasteiger partial charge is 0.497 e. The normalized spacial score (nSPS) is 21.2. The van der Waals surface area contributed by atoms with Crippen LogP contribution in [0.3, 0.4) is 0 Å². The van der Waals surface area contributed by atoms with Crippen LogP contribution in [-0.2, 0) is 4.79 Å². The number of ether oxygens (including phenoxy) is 1. The van der Waals surface area contributed by atoms with Crippen molar-refractivity contribution in [2.24, 2.45) is 0 Å². The van der Waals surface area contributed by atoms with Gasteiger partial charge in [-0.2, -0.15) is 0 Å². The lowest BCUT2D eigenvalue weighted by molar-refractivity contribution is -0.119. The van der Waals surface area contributed by atoms with E-state index >= 15 is 0 Å². The average Bonchev–Trinajstić information content (AvgIpc) is 2.82. The lowest BCUT2D eigenvalue weighted by Crippen LogP contribution is -2.14. The maximum Gasteiger partial charge on any atom is 0.153 e. The molecular weight excluding hydrogens is 298 g/mol. The maximum atomic E-state index is 12.8. The number of Topliss-reactive ketones (excluding diaryl/α,β-unsaturated/α-hetero) is 1. The fourth-order valence-corrected chi connectivity index (χ4v) is 3.25. The van der Waals surface area contributed by atoms with E-state index in [4.69, 9.17) is 21.7 Å². The van der Waals surface area contributed by atoms with E-state index in [0.717, 1.165) is 11.1 Å². The Balaban J connectivity index is 1.97. The highest BCUT2D eigenvalue weighted by molar-refractivity contribution is 6.31. The highest BCUT2D eigenvalue weighted by atomic mass is 35.5. The second-order valence-corrected chi connectivity index (χ2v) is 5.89. The monoisotopic (exact) mass is 313 g/mol. The van der Waals surface area contributed by atoms with E-state index in [0.29, 0.717) is 22.9 Å². The number of hydrogen-bond donors (Lipinski definition) is 1. The average molecular weight is 314 g/mol. The number of halogens is 1. The lowest BCUT2D eigenvalue weighted by atomic mass is 9.91. The maximum absolute atomic E-state index is 12.8. The van der Waals surface area contributed by atoms with Gasteiger partial charge < -0.3 is 10.1 Å². The fraction of sp³-hybridized carbons (Fsp3) is 0.222. The van der Waals surface area contributed by atoms with Gasteiger partial charge in [-0.15, -0.1) is 0 Å². The summed E-state index contributed by atoms with van der Waals surface area (Å²) in [6.07, 6.45) is 0.461. The molecule has 4 heteroatoms. The SMILES string of the molecule is COc1cc(Cl)cc(C2C(=N)CC(c3ccccc3)C2=O)c1. The Hall–Kier alpha value is -2.13. The van der Waals surface area contributed by atoms with Crippen molar-refractivity contribution in [3.63, 3.8) is 0 Å². The Labute approximate surface area is 134 Å². The summed E-state index contributed by atoms with van der Waals surface area (Å²) < 4.78 is 5.21. The number of methoxy groups -OCH3 is 1. The molecule has 1 fully saturated rings. The minimum absolute atomic E-state index is 0.0560. The molecule has 0 saturated heterocycles. The minimum Gasteiger partial charge on any atom is -0.497 e. The third-order valence-electron chi connectivity index (χ3n) is 4.07. The Morgan fingerprint density at radius 1 is 1.14 bits per heavy atom. The van der Waals surface area contributed by atoms with Crippen LogP contribution in [0.2, 0.25) is 5.02 Å². The van der Waals surface area contributed by atoms with Crippen molar-refractivity contribution < 1.29 is 9.53 Å². The molecule has 0 spiro atoms. The van der Waals surface area contributed by atoms with Gasteiger partial charge in [0.1, 0.15) is 5.75 Å². The van der Waals surface area contributed by atoms with Gasteiger partial charge in [-0.1, -0.05) is 41.9 Å². The van der Waals surface area contributed by atoms with Gasteiger partial charge >= 0.3 is 0 Å². The number of hydrogen-bond acceptors (Lipinski definition) is 3. The summed E-state index contributed by atoms with van der Waals surface area (Å²) in [5.41, 5.74) is 2.13. The lowest BCUT2D eigenvalue weighted by Gasteiger charge is -2.13. The van der Waals surface area contributed by atoms with Crippen LogP contribution in [0.5, 0.6) is 5.75 Å². The van der Waals surface area contributed by atoms with Crippen LogP contribution in [0.4, 0.5) is 0 Å². The number of ketones is 1. The first kappa shape index (κ1) is 14.8. The molecule has 0 heterocycles. The molecule has 2 unspecified atom stereocenters. The topological polar surface area (TPSA) is 50.1 Å². The van der Waals surface area contributed by atoms with E-state index in [9.17, 15) is 4.79 Å². The molecule has 1 aliphatic rings. The van der Waals surface area contributed by atoms with Gasteiger partial charge in [-0.05, 0) is 35.7 Å². The second-order valence-electron chi connectivity index (χ2n) is 5.45. The second kappa shape index (κ2) is 5.93. The predicted octanol–water partition coefficient (Wildman–Crippen LogP) is 4.21. The zero-order valence-corrected chi connectivity index (χ0v) is 12.9. The van der Waals surface area contributed by atoms with Crippen LogP contribution >= 0.6 is 11.6 Å². The summed E-state index contributed by atoms with van der Waals surface area (Å²) in [4.78, 5) is 12.8. The molecular formula is C18H16ClNO2. The van der Waals surface area contributed by atoms with Gasteiger partial charge in [0.05, 0.1) is 13.0 Å². The molecule has 0 aliphatic heterocycles. The van der Waals surface area contributed by atoms with Gasteiger partial charge in [0.15, 0.2) is 5.78 Å². The number of rotatable bonds is 3. The minimum atomic E-state index is -0.530. The molecule has 22 heavy (non-hydrogen) atoms. The van der Waals surface area contributed by atoms with Crippen molar-refractivity contribution >= 4 is 23.1 Å². The van der Waals surface area contributed by atoms with E-state index in [1.807, 2.05) is 30.3 Å². The smallest absolute Gasteiger partial charge is 0.153 e. The molecule has 2 aromatic rings.